The highest BCUT2D eigenvalue weighted by atomic mass is 35.5. The Morgan fingerprint density at radius 2 is 1.71 bits per heavy atom. The Labute approximate surface area is 205 Å². The number of unbranched alkanes of at least 4 members (excludes halogenated alkanes) is 1. The van der Waals surface area contributed by atoms with Crippen molar-refractivity contribution in [2.75, 3.05) is 6.61 Å². The number of benzene rings is 3. The summed E-state index contributed by atoms with van der Waals surface area (Å²) < 4.78 is 8.27. The summed E-state index contributed by atoms with van der Waals surface area (Å²) in [4.78, 5) is 17.7. The molecule has 0 saturated carbocycles. The molecule has 1 N–H and O–H groups in total. The number of imidazole rings is 1. The number of aryl methyl sites for hydroxylation is 3. The Kier molecular flexibility index (Phi) is 7.53. The summed E-state index contributed by atoms with van der Waals surface area (Å²) in [5.74, 6) is 1.60. The number of hydrogen-bond donors (Lipinski definition) is 1. The number of aromatic nitrogens is 2. The van der Waals surface area contributed by atoms with E-state index < -0.39 is 0 Å². The second-order valence-corrected chi connectivity index (χ2v) is 8.97. The number of nitrogens with one attached hydrogen (secondary N) is 1. The second-order valence-electron chi connectivity index (χ2n) is 8.56. The third kappa shape index (κ3) is 5.26. The lowest BCUT2D eigenvalue weighted by Gasteiger charge is -2.17. The molecule has 5 nitrogen and oxygen atoms in total. The Morgan fingerprint density at radius 1 is 1.00 bits per heavy atom. The normalized spacial score (nSPS) is 12.0. The molecule has 0 saturated heterocycles. The highest BCUT2D eigenvalue weighted by Crippen LogP contribution is 2.24. The summed E-state index contributed by atoms with van der Waals surface area (Å²) in [6.45, 7) is 7.55. The minimum absolute atomic E-state index is 0.210. The molecule has 1 heterocycles. The van der Waals surface area contributed by atoms with Crippen molar-refractivity contribution in [3.8, 4) is 5.75 Å². The number of carbonyl (C=O) groups excluding carboxylic acids is 1. The van der Waals surface area contributed by atoms with Crippen molar-refractivity contribution in [3.63, 3.8) is 0 Å². The highest BCUT2D eigenvalue weighted by molar-refractivity contribution is 6.33. The molecule has 0 radical (unpaired) electrons. The monoisotopic (exact) mass is 475 g/mol. The number of fused-ring (bicyclic) bond motifs is 1. The fraction of sp³-hybridized carbons (Fsp3) is 0.286. The van der Waals surface area contributed by atoms with Crippen LogP contribution in [-0.4, -0.2) is 22.1 Å². The van der Waals surface area contributed by atoms with Crippen LogP contribution in [-0.2, 0) is 6.54 Å². The van der Waals surface area contributed by atoms with Gasteiger partial charge >= 0.3 is 0 Å². The van der Waals surface area contributed by atoms with Crippen LogP contribution in [0.25, 0.3) is 11.0 Å². The molecule has 6 heteroatoms. The lowest BCUT2D eigenvalue weighted by Crippen LogP contribution is -2.29. The Bertz CT molecular complexity index is 1280. The van der Waals surface area contributed by atoms with Crippen LogP contribution >= 0.6 is 11.6 Å². The number of carbonyl (C=O) groups is 1. The van der Waals surface area contributed by atoms with Crippen molar-refractivity contribution in [1.29, 1.82) is 0 Å². The topological polar surface area (TPSA) is 56.1 Å². The zero-order chi connectivity index (χ0) is 24.1. The van der Waals surface area contributed by atoms with E-state index in [9.17, 15) is 4.79 Å². The molecular weight excluding hydrogens is 446 g/mol. The highest BCUT2D eigenvalue weighted by Gasteiger charge is 2.20. The Morgan fingerprint density at radius 3 is 2.47 bits per heavy atom. The summed E-state index contributed by atoms with van der Waals surface area (Å²) in [6, 6.07) is 21.1. The molecule has 4 rings (SSSR count). The maximum Gasteiger partial charge on any atom is 0.253 e. The molecule has 0 fully saturated rings. The lowest BCUT2D eigenvalue weighted by atomic mass is 10.1. The van der Waals surface area contributed by atoms with Crippen LogP contribution in [0.15, 0.2) is 66.7 Å². The van der Waals surface area contributed by atoms with Gasteiger partial charge in [-0.25, -0.2) is 4.98 Å². The molecule has 1 aromatic heterocycles. The first-order chi connectivity index (χ1) is 16.5. The van der Waals surface area contributed by atoms with E-state index in [4.69, 9.17) is 21.3 Å². The Hall–Kier alpha value is -3.31. The van der Waals surface area contributed by atoms with Gasteiger partial charge in [0.25, 0.3) is 5.91 Å². The summed E-state index contributed by atoms with van der Waals surface area (Å²) in [6.07, 6.45) is 1.85. The summed E-state index contributed by atoms with van der Waals surface area (Å²) in [5, 5.41) is 3.49. The van der Waals surface area contributed by atoms with Gasteiger partial charge in [0, 0.05) is 6.54 Å². The van der Waals surface area contributed by atoms with E-state index in [2.05, 4.69) is 48.0 Å². The third-order valence-electron chi connectivity index (χ3n) is 5.97. The van der Waals surface area contributed by atoms with Gasteiger partial charge in [-0.15, -0.1) is 0 Å². The van der Waals surface area contributed by atoms with Gasteiger partial charge in [-0.3, -0.25) is 4.79 Å². The number of amides is 1. The van der Waals surface area contributed by atoms with Gasteiger partial charge in [0.05, 0.1) is 34.3 Å². The van der Waals surface area contributed by atoms with Crippen molar-refractivity contribution >= 4 is 28.5 Å². The van der Waals surface area contributed by atoms with E-state index in [1.165, 1.54) is 0 Å². The zero-order valence-corrected chi connectivity index (χ0v) is 20.6. The standard InChI is InChI=1S/C28H30ClN3O2/c1-19-11-10-12-20(2)26(19)34-18-9-8-17-32-25-16-7-6-15-24(25)31-27(32)21(3)30-28(33)22-13-4-5-14-23(22)29/h4-7,10-16,21H,8-9,17-18H2,1-3H3,(H,30,33). The smallest absolute Gasteiger partial charge is 0.253 e. The van der Waals surface area contributed by atoms with Gasteiger partial charge < -0.3 is 14.6 Å². The third-order valence-corrected chi connectivity index (χ3v) is 6.30. The largest absolute Gasteiger partial charge is 0.493 e. The predicted molar refractivity (Wildman–Crippen MR) is 138 cm³/mol. The maximum absolute atomic E-state index is 12.8. The first-order valence-electron chi connectivity index (χ1n) is 11.6. The van der Waals surface area contributed by atoms with Crippen molar-refractivity contribution < 1.29 is 9.53 Å². The first-order valence-corrected chi connectivity index (χ1v) is 12.0. The fourth-order valence-electron chi connectivity index (χ4n) is 4.22. The van der Waals surface area contributed by atoms with Crippen molar-refractivity contribution in [1.82, 2.24) is 14.9 Å². The van der Waals surface area contributed by atoms with E-state index in [1.807, 2.05) is 31.2 Å². The first kappa shape index (κ1) is 23.8. The van der Waals surface area contributed by atoms with E-state index in [0.29, 0.717) is 17.2 Å². The van der Waals surface area contributed by atoms with Crippen LogP contribution in [0.1, 0.15) is 53.1 Å². The van der Waals surface area contributed by atoms with Crippen LogP contribution in [0, 0.1) is 13.8 Å². The Balaban J connectivity index is 1.44. The van der Waals surface area contributed by atoms with Gasteiger partial charge in [0.1, 0.15) is 11.6 Å². The SMILES string of the molecule is Cc1cccc(C)c1OCCCCn1c(C(C)NC(=O)c2ccccc2Cl)nc2ccccc21. The van der Waals surface area contributed by atoms with E-state index in [0.717, 1.165) is 53.1 Å². The fourth-order valence-corrected chi connectivity index (χ4v) is 4.44. The van der Waals surface area contributed by atoms with Crippen LogP contribution in [0.4, 0.5) is 0 Å². The van der Waals surface area contributed by atoms with Gasteiger partial charge in [0.15, 0.2) is 0 Å². The van der Waals surface area contributed by atoms with Crippen LogP contribution in [0.3, 0.4) is 0 Å². The quantitative estimate of drug-likeness (QED) is 0.275. The number of para-hydroxylation sites is 3. The molecule has 0 aliphatic heterocycles. The molecule has 0 bridgehead atoms. The van der Waals surface area contributed by atoms with E-state index in [-0.39, 0.29) is 11.9 Å². The molecule has 4 aromatic rings. The van der Waals surface area contributed by atoms with E-state index in [1.54, 1.807) is 18.2 Å². The molecular formula is C28H30ClN3O2. The molecule has 1 atom stereocenters. The number of ether oxygens (including phenoxy) is 1. The van der Waals surface area contributed by atoms with Crippen LogP contribution in [0.2, 0.25) is 5.02 Å². The number of rotatable bonds is 9. The summed E-state index contributed by atoms with van der Waals surface area (Å²) in [7, 11) is 0. The molecule has 0 aliphatic carbocycles. The zero-order valence-electron chi connectivity index (χ0n) is 19.8. The minimum atomic E-state index is -0.276. The van der Waals surface area contributed by atoms with E-state index >= 15 is 0 Å². The average molecular weight is 476 g/mol. The maximum atomic E-state index is 12.8. The average Bonchev–Trinajstić information content (AvgIpc) is 3.19. The molecule has 0 aliphatic rings. The molecule has 1 unspecified atom stereocenters. The molecule has 176 valence electrons. The van der Waals surface area contributed by atoms with Crippen molar-refractivity contribution in [2.24, 2.45) is 0 Å². The molecule has 3 aromatic carbocycles. The summed E-state index contributed by atoms with van der Waals surface area (Å²) in [5.41, 5.74) is 4.76. The molecule has 1 amide bonds. The predicted octanol–water partition coefficient (Wildman–Crippen LogP) is 6.66. The van der Waals surface area contributed by atoms with Gasteiger partial charge in [-0.2, -0.15) is 0 Å². The minimum Gasteiger partial charge on any atom is -0.493 e. The molecule has 0 spiro atoms. The van der Waals surface area contributed by atoms with Gasteiger partial charge in [-0.1, -0.05) is 54.1 Å². The number of nitrogens with zero attached hydrogens (tertiary/aromatic N) is 2. The number of hydrogen-bond acceptors (Lipinski definition) is 3. The van der Waals surface area contributed by atoms with Crippen LogP contribution in [0.5, 0.6) is 5.75 Å². The molecule has 34 heavy (non-hydrogen) atoms. The van der Waals surface area contributed by atoms with Crippen molar-refractivity contribution in [2.45, 2.75) is 46.2 Å². The van der Waals surface area contributed by atoms with Gasteiger partial charge in [-0.05, 0) is 69.0 Å². The van der Waals surface area contributed by atoms with Crippen molar-refractivity contribution in [3.05, 3.63) is 94.3 Å². The lowest BCUT2D eigenvalue weighted by molar-refractivity contribution is 0.0938. The van der Waals surface area contributed by atoms with Gasteiger partial charge in [0.2, 0.25) is 0 Å². The second kappa shape index (κ2) is 10.7. The number of halogens is 1. The van der Waals surface area contributed by atoms with Crippen LogP contribution < -0.4 is 10.1 Å². The summed E-state index contributed by atoms with van der Waals surface area (Å²) >= 11 is 6.21.